The van der Waals surface area contributed by atoms with Crippen molar-refractivity contribution < 1.29 is 19.5 Å². The first-order valence-corrected chi connectivity index (χ1v) is 11.0. The van der Waals surface area contributed by atoms with Gasteiger partial charge in [-0.3, -0.25) is 9.47 Å². The van der Waals surface area contributed by atoms with E-state index in [0.29, 0.717) is 5.71 Å². The molecule has 0 aliphatic carbocycles. The highest BCUT2D eigenvalue weighted by Crippen LogP contribution is 2.24. The average molecular weight is 452 g/mol. The van der Waals surface area contributed by atoms with E-state index in [1.807, 2.05) is 31.5 Å². The van der Waals surface area contributed by atoms with Gasteiger partial charge in [0.2, 0.25) is 6.61 Å². The molecule has 4 rings (SSSR count). The minimum Gasteiger partial charge on any atom is -0.466 e. The van der Waals surface area contributed by atoms with E-state index < -0.39 is 5.97 Å². The molecule has 9 heteroatoms. The fourth-order valence-electron chi connectivity index (χ4n) is 3.95. The molecular weight excluding hydrogens is 422 g/mol. The zero-order chi connectivity index (χ0) is 23.2. The lowest BCUT2D eigenvalue weighted by atomic mass is 10.1. The van der Waals surface area contributed by atoms with Gasteiger partial charge in [-0.05, 0) is 37.3 Å². The third kappa shape index (κ3) is 5.32. The van der Waals surface area contributed by atoms with Gasteiger partial charge in [-0.15, -0.1) is 0 Å². The number of anilines is 1. The van der Waals surface area contributed by atoms with Crippen molar-refractivity contribution in [3.05, 3.63) is 54.4 Å². The summed E-state index contributed by atoms with van der Waals surface area (Å²) in [5.41, 5.74) is 5.59. The second kappa shape index (κ2) is 10.5. The number of carbonyl (C=O) groups excluding carboxylic acids is 1. The predicted molar refractivity (Wildman–Crippen MR) is 127 cm³/mol. The number of aromatic nitrogens is 2. The molecule has 0 bridgehead atoms. The number of oxime groups is 1. The molecule has 2 aromatic carbocycles. The van der Waals surface area contributed by atoms with Crippen LogP contribution in [0.5, 0.6) is 0 Å². The number of esters is 1. The van der Waals surface area contributed by atoms with Crippen molar-refractivity contribution in [1.29, 1.82) is 0 Å². The van der Waals surface area contributed by atoms with Crippen LogP contribution in [0.15, 0.2) is 53.9 Å². The lowest BCUT2D eigenvalue weighted by molar-refractivity contribution is -0.145. The molecule has 2 heterocycles. The summed E-state index contributed by atoms with van der Waals surface area (Å²) >= 11 is 0. The number of carbonyl (C=O) groups is 1. The Labute approximate surface area is 192 Å². The highest BCUT2D eigenvalue weighted by Gasteiger charge is 2.17. The number of piperazine rings is 1. The van der Waals surface area contributed by atoms with Gasteiger partial charge >= 0.3 is 5.97 Å². The van der Waals surface area contributed by atoms with Gasteiger partial charge in [0.05, 0.1) is 30.5 Å². The smallest absolute Gasteiger partial charge is 0.346 e. The molecule has 0 amide bonds. The Hall–Kier alpha value is -3.43. The highest BCUT2D eigenvalue weighted by atomic mass is 16.6. The maximum atomic E-state index is 11.2. The Morgan fingerprint density at radius 1 is 1.12 bits per heavy atom. The van der Waals surface area contributed by atoms with Gasteiger partial charge < -0.3 is 19.6 Å². The number of methoxy groups -OCH3 is 1. The SMILES string of the molecule is COC(=O)CON=C(C)c1ccc2c(c1)ncn2-c1cccc(N2CCN(CCO)CC2)c1. The first kappa shape index (κ1) is 22.8. The van der Waals surface area contributed by atoms with E-state index >= 15 is 0 Å². The molecule has 1 N–H and O–H groups in total. The van der Waals surface area contributed by atoms with Crippen LogP contribution < -0.4 is 4.90 Å². The third-order valence-electron chi connectivity index (χ3n) is 5.84. The van der Waals surface area contributed by atoms with Gasteiger partial charge in [0, 0.05) is 49.7 Å². The minimum absolute atomic E-state index is 0.205. The van der Waals surface area contributed by atoms with Gasteiger partial charge in [0.1, 0.15) is 6.33 Å². The second-order valence-electron chi connectivity index (χ2n) is 7.92. The Morgan fingerprint density at radius 3 is 2.67 bits per heavy atom. The van der Waals surface area contributed by atoms with Crippen molar-refractivity contribution in [3.8, 4) is 5.69 Å². The maximum absolute atomic E-state index is 11.2. The molecular formula is C24H29N5O4. The largest absolute Gasteiger partial charge is 0.466 e. The van der Waals surface area contributed by atoms with Crippen LogP contribution in [0.1, 0.15) is 12.5 Å². The summed E-state index contributed by atoms with van der Waals surface area (Å²) in [5.74, 6) is -0.477. The number of β-amino-alcohol motifs (C(OH)–C–C–N with tert-alkyl or cyclic N) is 1. The van der Waals surface area contributed by atoms with Crippen LogP contribution in [0.25, 0.3) is 16.7 Å². The summed E-state index contributed by atoms with van der Waals surface area (Å²) < 4.78 is 6.62. The van der Waals surface area contributed by atoms with E-state index in [-0.39, 0.29) is 13.2 Å². The highest BCUT2D eigenvalue weighted by molar-refractivity contribution is 6.01. The number of rotatable bonds is 8. The average Bonchev–Trinajstić information content (AvgIpc) is 3.28. The van der Waals surface area contributed by atoms with Crippen LogP contribution in [-0.2, 0) is 14.4 Å². The number of ether oxygens (including phenoxy) is 1. The molecule has 1 aromatic heterocycles. The van der Waals surface area contributed by atoms with E-state index in [1.54, 1.807) is 0 Å². The monoisotopic (exact) mass is 451 g/mol. The first-order chi connectivity index (χ1) is 16.1. The van der Waals surface area contributed by atoms with Crippen molar-refractivity contribution in [1.82, 2.24) is 14.5 Å². The van der Waals surface area contributed by atoms with E-state index in [9.17, 15) is 4.79 Å². The third-order valence-corrected chi connectivity index (χ3v) is 5.84. The van der Waals surface area contributed by atoms with Gasteiger partial charge in [0.15, 0.2) is 0 Å². The predicted octanol–water partition coefficient (Wildman–Crippen LogP) is 2.05. The summed E-state index contributed by atoms with van der Waals surface area (Å²) in [5, 5.41) is 13.1. The van der Waals surface area contributed by atoms with Crippen LogP contribution in [0.2, 0.25) is 0 Å². The molecule has 33 heavy (non-hydrogen) atoms. The molecule has 0 atom stereocenters. The summed E-state index contributed by atoms with van der Waals surface area (Å²) in [6.45, 7) is 6.31. The van der Waals surface area contributed by atoms with Crippen molar-refractivity contribution in [2.75, 3.05) is 57.9 Å². The molecule has 174 valence electrons. The minimum atomic E-state index is -0.477. The molecule has 1 fully saturated rings. The van der Waals surface area contributed by atoms with E-state index in [2.05, 4.69) is 53.5 Å². The number of imidazole rings is 1. The molecule has 0 radical (unpaired) electrons. The fraction of sp³-hybridized carbons (Fsp3) is 0.375. The van der Waals surface area contributed by atoms with Crippen molar-refractivity contribution in [2.24, 2.45) is 5.16 Å². The molecule has 1 aliphatic heterocycles. The Bertz CT molecular complexity index is 1130. The second-order valence-corrected chi connectivity index (χ2v) is 7.92. The summed E-state index contributed by atoms with van der Waals surface area (Å²) in [6.07, 6.45) is 1.83. The fourth-order valence-corrected chi connectivity index (χ4v) is 3.95. The Balaban J connectivity index is 1.51. The molecule has 1 saturated heterocycles. The van der Waals surface area contributed by atoms with E-state index in [1.165, 1.54) is 12.8 Å². The van der Waals surface area contributed by atoms with Crippen molar-refractivity contribution in [3.63, 3.8) is 0 Å². The quantitative estimate of drug-likeness (QED) is 0.318. The summed E-state index contributed by atoms with van der Waals surface area (Å²) in [7, 11) is 1.31. The number of aliphatic hydroxyl groups excluding tert-OH is 1. The van der Waals surface area contributed by atoms with Crippen LogP contribution in [0, 0.1) is 0 Å². The summed E-state index contributed by atoms with van der Waals surface area (Å²) in [4.78, 5) is 25.5. The number of aliphatic hydroxyl groups is 1. The number of benzene rings is 2. The van der Waals surface area contributed by atoms with Crippen LogP contribution >= 0.6 is 0 Å². The number of hydrogen-bond donors (Lipinski definition) is 1. The van der Waals surface area contributed by atoms with Crippen molar-refractivity contribution in [2.45, 2.75) is 6.92 Å². The Kier molecular flexibility index (Phi) is 7.21. The molecule has 3 aromatic rings. The van der Waals surface area contributed by atoms with Crippen molar-refractivity contribution >= 4 is 28.4 Å². The van der Waals surface area contributed by atoms with E-state index in [0.717, 1.165) is 55.0 Å². The number of nitrogens with zero attached hydrogens (tertiary/aromatic N) is 5. The number of hydrogen-bond acceptors (Lipinski definition) is 8. The zero-order valence-corrected chi connectivity index (χ0v) is 19.0. The standard InChI is InChI=1S/C24H29N5O4/c1-18(26-33-16-24(31)32-2)19-6-7-23-22(14-19)25-17-29(23)21-5-3-4-20(15-21)28-10-8-27(9-11-28)12-13-30/h3-7,14-15,17,30H,8-13,16H2,1-2H3. The van der Waals surface area contributed by atoms with Gasteiger partial charge in [-0.1, -0.05) is 17.3 Å². The topological polar surface area (TPSA) is 92.4 Å². The lowest BCUT2D eigenvalue weighted by Gasteiger charge is -2.36. The van der Waals surface area contributed by atoms with Gasteiger partial charge in [-0.25, -0.2) is 9.78 Å². The molecule has 9 nitrogen and oxygen atoms in total. The number of fused-ring (bicyclic) bond motifs is 1. The molecule has 1 aliphatic rings. The molecule has 0 spiro atoms. The first-order valence-electron chi connectivity index (χ1n) is 11.0. The molecule has 0 unspecified atom stereocenters. The maximum Gasteiger partial charge on any atom is 0.346 e. The summed E-state index contributed by atoms with van der Waals surface area (Å²) in [6, 6.07) is 14.4. The van der Waals surface area contributed by atoms with E-state index in [4.69, 9.17) is 9.94 Å². The van der Waals surface area contributed by atoms with Gasteiger partial charge in [0.25, 0.3) is 0 Å². The van der Waals surface area contributed by atoms with Crippen LogP contribution in [-0.4, -0.2) is 84.3 Å². The molecule has 0 saturated carbocycles. The van der Waals surface area contributed by atoms with Crippen LogP contribution in [0.3, 0.4) is 0 Å². The zero-order valence-electron chi connectivity index (χ0n) is 19.0. The Morgan fingerprint density at radius 2 is 1.91 bits per heavy atom. The van der Waals surface area contributed by atoms with Gasteiger partial charge in [-0.2, -0.15) is 0 Å². The van der Waals surface area contributed by atoms with Crippen LogP contribution in [0.4, 0.5) is 5.69 Å². The lowest BCUT2D eigenvalue weighted by Crippen LogP contribution is -2.47. The normalized spacial score (nSPS) is 15.1.